The average molecular weight is 305 g/mol. The number of hydrogen-bond donors (Lipinski definition) is 2. The van der Waals surface area contributed by atoms with Crippen LogP contribution in [0.25, 0.3) is 0 Å². The summed E-state index contributed by atoms with van der Waals surface area (Å²) in [4.78, 5) is 11.9. The van der Waals surface area contributed by atoms with E-state index in [1.807, 2.05) is 14.0 Å². The lowest BCUT2D eigenvalue weighted by atomic mass is 10.1. The summed E-state index contributed by atoms with van der Waals surface area (Å²) in [5, 5.41) is 5.88. The van der Waals surface area contributed by atoms with Crippen molar-refractivity contribution in [2.75, 3.05) is 13.6 Å². The molecule has 0 bridgehead atoms. The van der Waals surface area contributed by atoms with E-state index in [2.05, 4.69) is 10.6 Å². The standard InChI is InChI=1S/C14H18F2N2O.ClH/c1-8(17-2)7-18-14(19)11-6-10(11)9-3-4-12(15)13(16)5-9;/h3-5,8,10-11,17H,6-7H2,1-2H3,(H,18,19);1H. The molecule has 1 saturated carbocycles. The maximum absolute atomic E-state index is 13.1. The van der Waals surface area contributed by atoms with Crippen LogP contribution in [0.15, 0.2) is 18.2 Å². The number of benzene rings is 1. The molecule has 0 heterocycles. The Morgan fingerprint density at radius 2 is 2.10 bits per heavy atom. The zero-order valence-electron chi connectivity index (χ0n) is 11.5. The molecule has 0 spiro atoms. The van der Waals surface area contributed by atoms with Gasteiger partial charge in [0.05, 0.1) is 0 Å². The van der Waals surface area contributed by atoms with Gasteiger partial charge in [-0.05, 0) is 44.0 Å². The molecule has 3 nitrogen and oxygen atoms in total. The third-order valence-electron chi connectivity index (χ3n) is 3.57. The SMILES string of the molecule is CNC(C)CNC(=O)C1CC1c1ccc(F)c(F)c1.Cl. The maximum atomic E-state index is 13.1. The van der Waals surface area contributed by atoms with Crippen LogP contribution in [0.5, 0.6) is 0 Å². The topological polar surface area (TPSA) is 41.1 Å². The first kappa shape index (κ1) is 16.9. The fraction of sp³-hybridized carbons (Fsp3) is 0.500. The molecule has 3 atom stereocenters. The molecule has 1 fully saturated rings. The fourth-order valence-electron chi connectivity index (χ4n) is 2.08. The van der Waals surface area contributed by atoms with Crippen LogP contribution in [0.1, 0.15) is 24.8 Å². The molecule has 1 aromatic carbocycles. The number of nitrogens with one attached hydrogen (secondary N) is 2. The molecule has 1 aromatic rings. The number of hydrogen-bond acceptors (Lipinski definition) is 2. The summed E-state index contributed by atoms with van der Waals surface area (Å²) in [5.41, 5.74) is 0.695. The van der Waals surface area contributed by atoms with E-state index < -0.39 is 11.6 Å². The molecule has 1 aliphatic rings. The average Bonchev–Trinajstić information content (AvgIpc) is 3.19. The van der Waals surface area contributed by atoms with Crippen molar-refractivity contribution in [1.29, 1.82) is 0 Å². The van der Waals surface area contributed by atoms with Crippen LogP contribution in [0.4, 0.5) is 8.78 Å². The first-order valence-corrected chi connectivity index (χ1v) is 6.43. The molecule has 0 saturated heterocycles. The van der Waals surface area contributed by atoms with Crippen LogP contribution in [-0.4, -0.2) is 25.5 Å². The molecule has 2 rings (SSSR count). The summed E-state index contributed by atoms with van der Waals surface area (Å²) in [6.07, 6.45) is 0.699. The zero-order chi connectivity index (χ0) is 14.0. The summed E-state index contributed by atoms with van der Waals surface area (Å²) in [6, 6.07) is 4.06. The van der Waals surface area contributed by atoms with Crippen molar-refractivity contribution in [3.63, 3.8) is 0 Å². The van der Waals surface area contributed by atoms with Gasteiger partial charge in [0.15, 0.2) is 11.6 Å². The number of halogens is 3. The van der Waals surface area contributed by atoms with E-state index in [0.717, 1.165) is 6.07 Å². The smallest absolute Gasteiger partial charge is 0.223 e. The summed E-state index contributed by atoms with van der Waals surface area (Å²) in [5.74, 6) is -1.83. The lowest BCUT2D eigenvalue weighted by Crippen LogP contribution is -2.37. The molecule has 20 heavy (non-hydrogen) atoms. The number of amides is 1. The Morgan fingerprint density at radius 3 is 2.70 bits per heavy atom. The van der Waals surface area contributed by atoms with Crippen LogP contribution in [-0.2, 0) is 4.79 Å². The first-order valence-electron chi connectivity index (χ1n) is 6.43. The molecule has 0 radical (unpaired) electrons. The lowest BCUT2D eigenvalue weighted by Gasteiger charge is -2.11. The minimum Gasteiger partial charge on any atom is -0.354 e. The van der Waals surface area contributed by atoms with E-state index in [0.29, 0.717) is 18.5 Å². The Hall–Kier alpha value is -1.20. The molecule has 2 N–H and O–H groups in total. The number of carbonyl (C=O) groups is 1. The van der Waals surface area contributed by atoms with Gasteiger partial charge in [-0.25, -0.2) is 8.78 Å². The molecule has 0 aliphatic heterocycles. The quantitative estimate of drug-likeness (QED) is 0.876. The van der Waals surface area contributed by atoms with E-state index in [1.54, 1.807) is 6.07 Å². The summed E-state index contributed by atoms with van der Waals surface area (Å²) in [6.45, 7) is 2.54. The zero-order valence-corrected chi connectivity index (χ0v) is 12.3. The highest BCUT2D eigenvalue weighted by Gasteiger charge is 2.44. The van der Waals surface area contributed by atoms with Gasteiger partial charge in [-0.15, -0.1) is 12.4 Å². The third kappa shape index (κ3) is 3.90. The van der Waals surface area contributed by atoms with Gasteiger partial charge >= 0.3 is 0 Å². The van der Waals surface area contributed by atoms with Crippen LogP contribution in [0.3, 0.4) is 0 Å². The highest BCUT2D eigenvalue weighted by atomic mass is 35.5. The molecular formula is C14H19ClF2N2O. The van der Waals surface area contributed by atoms with Crippen LogP contribution in [0, 0.1) is 17.6 Å². The molecule has 1 amide bonds. The second kappa shape index (κ2) is 6.99. The van der Waals surface area contributed by atoms with Crippen LogP contribution in [0.2, 0.25) is 0 Å². The second-order valence-electron chi connectivity index (χ2n) is 5.06. The largest absolute Gasteiger partial charge is 0.354 e. The van der Waals surface area contributed by atoms with Gasteiger partial charge in [0, 0.05) is 18.5 Å². The lowest BCUT2D eigenvalue weighted by molar-refractivity contribution is -0.122. The second-order valence-corrected chi connectivity index (χ2v) is 5.06. The Morgan fingerprint density at radius 1 is 1.40 bits per heavy atom. The number of likely N-dealkylation sites (N-methyl/N-ethyl adjacent to an activating group) is 1. The summed E-state index contributed by atoms with van der Waals surface area (Å²) >= 11 is 0. The molecule has 3 unspecified atom stereocenters. The van der Waals surface area contributed by atoms with Gasteiger partial charge in [0.2, 0.25) is 5.91 Å². The molecule has 6 heteroatoms. The fourth-order valence-corrected chi connectivity index (χ4v) is 2.08. The normalized spacial score (nSPS) is 21.8. The first-order chi connectivity index (χ1) is 9.02. The van der Waals surface area contributed by atoms with E-state index in [9.17, 15) is 13.6 Å². The van der Waals surface area contributed by atoms with Crippen molar-refractivity contribution in [3.05, 3.63) is 35.4 Å². The number of rotatable bonds is 5. The van der Waals surface area contributed by atoms with E-state index >= 15 is 0 Å². The van der Waals surface area contributed by atoms with Gasteiger partial charge in [0.1, 0.15) is 0 Å². The van der Waals surface area contributed by atoms with Crippen molar-refractivity contribution in [2.24, 2.45) is 5.92 Å². The monoisotopic (exact) mass is 304 g/mol. The maximum Gasteiger partial charge on any atom is 0.223 e. The van der Waals surface area contributed by atoms with E-state index in [1.165, 1.54) is 6.07 Å². The Kier molecular flexibility index (Phi) is 5.89. The Labute approximate surface area is 123 Å². The van der Waals surface area contributed by atoms with Gasteiger partial charge in [-0.1, -0.05) is 6.07 Å². The molecule has 0 aromatic heterocycles. The Bertz CT molecular complexity index is 484. The number of carbonyl (C=O) groups excluding carboxylic acids is 1. The van der Waals surface area contributed by atoms with Gasteiger partial charge in [-0.2, -0.15) is 0 Å². The van der Waals surface area contributed by atoms with E-state index in [4.69, 9.17) is 0 Å². The summed E-state index contributed by atoms with van der Waals surface area (Å²) in [7, 11) is 1.83. The summed E-state index contributed by atoms with van der Waals surface area (Å²) < 4.78 is 25.9. The van der Waals surface area contributed by atoms with Crippen molar-refractivity contribution < 1.29 is 13.6 Å². The molecule has 1 aliphatic carbocycles. The molecular weight excluding hydrogens is 286 g/mol. The highest BCUT2D eigenvalue weighted by molar-refractivity contribution is 5.85. The van der Waals surface area contributed by atoms with Gasteiger partial charge < -0.3 is 10.6 Å². The van der Waals surface area contributed by atoms with Gasteiger partial charge in [-0.3, -0.25) is 4.79 Å². The van der Waals surface area contributed by atoms with Crippen molar-refractivity contribution >= 4 is 18.3 Å². The van der Waals surface area contributed by atoms with Crippen molar-refractivity contribution in [2.45, 2.75) is 25.3 Å². The van der Waals surface area contributed by atoms with Crippen molar-refractivity contribution in [1.82, 2.24) is 10.6 Å². The van der Waals surface area contributed by atoms with Gasteiger partial charge in [0.25, 0.3) is 0 Å². The van der Waals surface area contributed by atoms with Crippen LogP contribution < -0.4 is 10.6 Å². The molecule has 112 valence electrons. The third-order valence-corrected chi connectivity index (χ3v) is 3.57. The predicted molar refractivity (Wildman–Crippen MR) is 76.0 cm³/mol. The van der Waals surface area contributed by atoms with Crippen LogP contribution >= 0.6 is 12.4 Å². The highest BCUT2D eigenvalue weighted by Crippen LogP contribution is 2.47. The minimum absolute atomic E-state index is 0. The van der Waals surface area contributed by atoms with E-state index in [-0.39, 0.29) is 36.2 Å². The Balaban J connectivity index is 0.00000200. The minimum atomic E-state index is -0.854. The predicted octanol–water partition coefficient (Wildman–Crippen LogP) is 2.21. The van der Waals surface area contributed by atoms with Crippen molar-refractivity contribution in [3.8, 4) is 0 Å².